The summed E-state index contributed by atoms with van der Waals surface area (Å²) >= 11 is 0. The third-order valence-corrected chi connectivity index (χ3v) is 7.73. The minimum absolute atomic E-state index is 0.000934. The number of nitrogens with zero attached hydrogens (tertiary/aromatic N) is 2. The van der Waals surface area contributed by atoms with E-state index in [4.69, 9.17) is 0 Å². The highest BCUT2D eigenvalue weighted by Gasteiger charge is 2.37. The Hall–Kier alpha value is -2.85. The van der Waals surface area contributed by atoms with Gasteiger partial charge in [-0.25, -0.2) is 17.2 Å². The molecule has 2 saturated heterocycles. The lowest BCUT2D eigenvalue weighted by atomic mass is 10.1. The second-order valence-electron chi connectivity index (χ2n) is 7.95. The van der Waals surface area contributed by atoms with Crippen LogP contribution < -0.4 is 10.2 Å². The third kappa shape index (κ3) is 4.37. The van der Waals surface area contributed by atoms with Gasteiger partial charge >= 0.3 is 0 Å². The number of carbonyl (C=O) groups is 2. The number of hydrogen-bond acceptors (Lipinski definition) is 4. The molecule has 7 nitrogen and oxygen atoms in total. The quantitative estimate of drug-likeness (QED) is 0.738. The molecule has 170 valence electrons. The molecule has 32 heavy (non-hydrogen) atoms. The molecule has 0 aliphatic carbocycles. The van der Waals surface area contributed by atoms with Crippen LogP contribution in [0.4, 0.5) is 20.2 Å². The van der Waals surface area contributed by atoms with Gasteiger partial charge in [0.1, 0.15) is 16.5 Å². The molecule has 2 aromatic carbocycles. The first-order chi connectivity index (χ1) is 15.3. The number of sulfonamides is 1. The Bertz CT molecular complexity index is 1150. The van der Waals surface area contributed by atoms with Gasteiger partial charge in [0.25, 0.3) is 0 Å². The summed E-state index contributed by atoms with van der Waals surface area (Å²) in [6, 6.07) is 9.03. The van der Waals surface area contributed by atoms with E-state index in [9.17, 15) is 26.8 Å². The maximum atomic E-state index is 14.1. The second kappa shape index (κ2) is 8.95. The van der Waals surface area contributed by atoms with Gasteiger partial charge in [0.15, 0.2) is 0 Å². The van der Waals surface area contributed by atoms with Crippen LogP contribution in [0.25, 0.3) is 0 Å². The van der Waals surface area contributed by atoms with E-state index >= 15 is 0 Å². The number of amides is 2. The molecule has 0 spiro atoms. The maximum Gasteiger partial charge on any atom is 0.245 e. The first kappa shape index (κ1) is 22.3. The van der Waals surface area contributed by atoms with Crippen molar-refractivity contribution in [2.24, 2.45) is 5.92 Å². The Morgan fingerprint density at radius 3 is 2.47 bits per heavy atom. The average Bonchev–Trinajstić information content (AvgIpc) is 3.16. The number of hydrogen-bond donors (Lipinski definition) is 1. The molecule has 2 aliphatic rings. The molecule has 0 bridgehead atoms. The van der Waals surface area contributed by atoms with E-state index in [1.54, 1.807) is 12.1 Å². The van der Waals surface area contributed by atoms with Crippen molar-refractivity contribution < 1.29 is 26.8 Å². The van der Waals surface area contributed by atoms with Gasteiger partial charge in [0, 0.05) is 32.1 Å². The zero-order chi connectivity index (χ0) is 22.9. The summed E-state index contributed by atoms with van der Waals surface area (Å²) in [4.78, 5) is 26.4. The summed E-state index contributed by atoms with van der Waals surface area (Å²) in [5.74, 6) is -3.47. The summed E-state index contributed by atoms with van der Waals surface area (Å²) in [6.07, 6.45) is 2.39. The standard InChI is InChI=1S/C22H23F2N3O4S/c23-16-8-9-19(17(24)13-16)27-14-15(12-21(27)28)22(29)25-18-6-2-3-7-20(18)32(30,31)26-10-4-1-5-11-26/h2-3,6-9,13,15H,1,4-5,10-12,14H2,(H,25,29). The minimum atomic E-state index is -3.78. The van der Waals surface area contributed by atoms with E-state index in [2.05, 4.69) is 5.32 Å². The monoisotopic (exact) mass is 463 g/mol. The van der Waals surface area contributed by atoms with Gasteiger partial charge < -0.3 is 10.2 Å². The predicted molar refractivity (Wildman–Crippen MR) is 114 cm³/mol. The van der Waals surface area contributed by atoms with Crippen LogP contribution in [-0.4, -0.2) is 44.2 Å². The van der Waals surface area contributed by atoms with Gasteiger partial charge in [0.05, 0.1) is 17.3 Å². The Labute approximate surface area is 185 Å². The highest BCUT2D eigenvalue weighted by atomic mass is 32.2. The summed E-state index contributed by atoms with van der Waals surface area (Å²) in [7, 11) is -3.78. The number of carbonyl (C=O) groups excluding carboxylic acids is 2. The Kier molecular flexibility index (Phi) is 6.25. The van der Waals surface area contributed by atoms with Gasteiger partial charge in [-0.05, 0) is 37.1 Å². The lowest BCUT2D eigenvalue weighted by Gasteiger charge is -2.27. The van der Waals surface area contributed by atoms with E-state index in [1.807, 2.05) is 0 Å². The molecule has 1 unspecified atom stereocenters. The molecule has 0 aromatic heterocycles. The van der Waals surface area contributed by atoms with Crippen molar-refractivity contribution in [3.63, 3.8) is 0 Å². The highest BCUT2D eigenvalue weighted by Crippen LogP contribution is 2.31. The number of rotatable bonds is 5. The number of piperidine rings is 1. The SMILES string of the molecule is O=C(Nc1ccccc1S(=O)(=O)N1CCCCC1)C1CC(=O)N(c2ccc(F)cc2F)C1. The number of halogens is 2. The van der Waals surface area contributed by atoms with Crippen LogP contribution in [0.2, 0.25) is 0 Å². The molecule has 2 aliphatic heterocycles. The van der Waals surface area contributed by atoms with Crippen molar-refractivity contribution in [3.8, 4) is 0 Å². The van der Waals surface area contributed by atoms with Crippen LogP contribution in [0, 0.1) is 17.6 Å². The summed E-state index contributed by atoms with van der Waals surface area (Å²) in [5, 5.41) is 2.64. The largest absolute Gasteiger partial charge is 0.325 e. The lowest BCUT2D eigenvalue weighted by Crippen LogP contribution is -2.36. The first-order valence-corrected chi connectivity index (χ1v) is 11.9. The highest BCUT2D eigenvalue weighted by molar-refractivity contribution is 7.89. The first-order valence-electron chi connectivity index (χ1n) is 10.4. The molecule has 4 rings (SSSR count). The Morgan fingerprint density at radius 1 is 1.03 bits per heavy atom. The molecule has 2 amide bonds. The summed E-state index contributed by atoms with van der Waals surface area (Å²) in [6.45, 7) is 0.772. The van der Waals surface area contributed by atoms with Crippen molar-refractivity contribution in [2.75, 3.05) is 29.9 Å². The van der Waals surface area contributed by atoms with Crippen LogP contribution in [0.5, 0.6) is 0 Å². The molecular formula is C22H23F2N3O4S. The van der Waals surface area contributed by atoms with E-state index in [0.717, 1.165) is 36.3 Å². The normalized spacial score (nSPS) is 19.9. The van der Waals surface area contributed by atoms with Crippen LogP contribution in [0.3, 0.4) is 0 Å². The molecule has 10 heteroatoms. The van der Waals surface area contributed by atoms with E-state index < -0.39 is 39.4 Å². The lowest BCUT2D eigenvalue weighted by molar-refractivity contribution is -0.122. The molecule has 0 saturated carbocycles. The van der Waals surface area contributed by atoms with Gasteiger partial charge in [-0.1, -0.05) is 18.6 Å². The average molecular weight is 464 g/mol. The van der Waals surface area contributed by atoms with Crippen molar-refractivity contribution in [1.29, 1.82) is 0 Å². The van der Waals surface area contributed by atoms with Gasteiger partial charge in [-0.2, -0.15) is 4.31 Å². The van der Waals surface area contributed by atoms with E-state index in [-0.39, 0.29) is 29.2 Å². The topological polar surface area (TPSA) is 86.8 Å². The van der Waals surface area contributed by atoms with Crippen molar-refractivity contribution in [1.82, 2.24) is 4.31 Å². The van der Waals surface area contributed by atoms with Crippen LogP contribution in [0.1, 0.15) is 25.7 Å². The summed E-state index contributed by atoms with van der Waals surface area (Å²) < 4.78 is 54.9. The van der Waals surface area contributed by atoms with Crippen LogP contribution >= 0.6 is 0 Å². The van der Waals surface area contributed by atoms with Crippen molar-refractivity contribution in [3.05, 3.63) is 54.1 Å². The predicted octanol–water partition coefficient (Wildman–Crippen LogP) is 3.13. The number of benzene rings is 2. The van der Waals surface area contributed by atoms with Crippen LogP contribution in [0.15, 0.2) is 47.4 Å². The number of para-hydroxylation sites is 1. The molecular weight excluding hydrogens is 440 g/mol. The smallest absolute Gasteiger partial charge is 0.245 e. The molecule has 2 heterocycles. The van der Waals surface area contributed by atoms with Crippen molar-refractivity contribution >= 4 is 33.2 Å². The van der Waals surface area contributed by atoms with Crippen LogP contribution in [-0.2, 0) is 19.6 Å². The zero-order valence-corrected chi connectivity index (χ0v) is 18.1. The van der Waals surface area contributed by atoms with E-state index in [1.165, 1.54) is 16.4 Å². The Balaban J connectivity index is 1.52. The molecule has 0 radical (unpaired) electrons. The fourth-order valence-electron chi connectivity index (χ4n) is 4.09. The van der Waals surface area contributed by atoms with Gasteiger partial charge in [0.2, 0.25) is 21.8 Å². The van der Waals surface area contributed by atoms with E-state index in [0.29, 0.717) is 19.2 Å². The number of anilines is 2. The zero-order valence-electron chi connectivity index (χ0n) is 17.3. The molecule has 1 N–H and O–H groups in total. The molecule has 2 aromatic rings. The molecule has 2 fully saturated rings. The fourth-order valence-corrected chi connectivity index (χ4v) is 5.75. The van der Waals surface area contributed by atoms with Gasteiger partial charge in [-0.15, -0.1) is 0 Å². The Morgan fingerprint density at radius 2 is 1.75 bits per heavy atom. The summed E-state index contributed by atoms with van der Waals surface area (Å²) in [5.41, 5.74) is 0.0433. The van der Waals surface area contributed by atoms with Gasteiger partial charge in [-0.3, -0.25) is 9.59 Å². The maximum absolute atomic E-state index is 14.1. The number of nitrogens with one attached hydrogen (secondary N) is 1. The fraction of sp³-hybridized carbons (Fsp3) is 0.364. The molecule has 1 atom stereocenters. The minimum Gasteiger partial charge on any atom is -0.325 e. The second-order valence-corrected chi connectivity index (χ2v) is 9.86. The van der Waals surface area contributed by atoms with Crippen molar-refractivity contribution in [2.45, 2.75) is 30.6 Å². The third-order valence-electron chi connectivity index (χ3n) is 5.77.